The van der Waals surface area contributed by atoms with Gasteiger partial charge in [0.2, 0.25) is 0 Å². The van der Waals surface area contributed by atoms with Crippen LogP contribution in [0.2, 0.25) is 0 Å². The minimum atomic E-state index is -0.0202. The SMILES string of the molecule is C=C(OCC)c1csc(C(C)N)n1. The molecule has 0 aliphatic rings. The fourth-order valence-electron chi connectivity index (χ4n) is 0.873. The summed E-state index contributed by atoms with van der Waals surface area (Å²) in [6, 6.07) is -0.0202. The molecule has 0 saturated carbocycles. The molecule has 0 radical (unpaired) electrons. The zero-order valence-electron chi connectivity index (χ0n) is 7.91. The van der Waals surface area contributed by atoms with Gasteiger partial charge in [0.25, 0.3) is 0 Å². The number of hydrogen-bond donors (Lipinski definition) is 1. The smallest absolute Gasteiger partial charge is 0.138 e. The molecule has 13 heavy (non-hydrogen) atoms. The molecular formula is C9H14N2OS. The first-order valence-corrected chi connectivity index (χ1v) is 5.06. The van der Waals surface area contributed by atoms with Gasteiger partial charge < -0.3 is 10.5 Å². The predicted molar refractivity (Wildman–Crippen MR) is 55.4 cm³/mol. The third-order valence-electron chi connectivity index (χ3n) is 1.52. The van der Waals surface area contributed by atoms with E-state index in [0.29, 0.717) is 12.4 Å². The molecular weight excluding hydrogens is 184 g/mol. The first-order chi connectivity index (χ1) is 6.15. The Labute approximate surface area is 82.2 Å². The Morgan fingerprint density at radius 1 is 1.85 bits per heavy atom. The highest BCUT2D eigenvalue weighted by Crippen LogP contribution is 2.20. The van der Waals surface area contributed by atoms with Crippen LogP contribution in [0.4, 0.5) is 0 Å². The average Bonchev–Trinajstić information content (AvgIpc) is 2.52. The van der Waals surface area contributed by atoms with Crippen LogP contribution in [0, 0.1) is 0 Å². The highest BCUT2D eigenvalue weighted by molar-refractivity contribution is 7.09. The first-order valence-electron chi connectivity index (χ1n) is 4.18. The van der Waals surface area contributed by atoms with E-state index in [9.17, 15) is 0 Å². The van der Waals surface area contributed by atoms with Crippen LogP contribution in [-0.2, 0) is 4.74 Å². The second-order valence-electron chi connectivity index (χ2n) is 2.72. The van der Waals surface area contributed by atoms with Crippen LogP contribution in [0.3, 0.4) is 0 Å². The summed E-state index contributed by atoms with van der Waals surface area (Å²) in [6.45, 7) is 8.21. The molecule has 2 N–H and O–H groups in total. The molecule has 72 valence electrons. The van der Waals surface area contributed by atoms with Gasteiger partial charge in [0.15, 0.2) is 0 Å². The minimum absolute atomic E-state index is 0.0202. The molecule has 0 saturated heterocycles. The van der Waals surface area contributed by atoms with Crippen LogP contribution in [0.15, 0.2) is 12.0 Å². The normalized spacial score (nSPS) is 12.5. The van der Waals surface area contributed by atoms with Crippen molar-refractivity contribution in [3.63, 3.8) is 0 Å². The zero-order chi connectivity index (χ0) is 9.84. The first kappa shape index (κ1) is 10.2. The van der Waals surface area contributed by atoms with E-state index in [-0.39, 0.29) is 6.04 Å². The van der Waals surface area contributed by atoms with Crippen LogP contribution in [-0.4, -0.2) is 11.6 Å². The lowest BCUT2D eigenvalue weighted by molar-refractivity contribution is 0.298. The van der Waals surface area contributed by atoms with Crippen molar-refractivity contribution in [2.75, 3.05) is 6.61 Å². The zero-order valence-corrected chi connectivity index (χ0v) is 8.73. The summed E-state index contributed by atoms with van der Waals surface area (Å²) in [5, 5.41) is 2.83. The number of nitrogens with two attached hydrogens (primary N) is 1. The number of rotatable bonds is 4. The van der Waals surface area contributed by atoms with E-state index in [1.165, 1.54) is 11.3 Å². The Hall–Kier alpha value is -0.870. The third kappa shape index (κ3) is 2.54. The molecule has 0 bridgehead atoms. The van der Waals surface area contributed by atoms with Crippen molar-refractivity contribution in [3.8, 4) is 0 Å². The van der Waals surface area contributed by atoms with Crippen LogP contribution in [0.5, 0.6) is 0 Å². The Kier molecular flexibility index (Phi) is 3.45. The molecule has 0 spiro atoms. The Morgan fingerprint density at radius 2 is 2.54 bits per heavy atom. The van der Waals surface area contributed by atoms with Crippen molar-refractivity contribution in [3.05, 3.63) is 22.7 Å². The molecule has 0 aliphatic heterocycles. The van der Waals surface area contributed by atoms with E-state index >= 15 is 0 Å². The summed E-state index contributed by atoms with van der Waals surface area (Å²) in [5.41, 5.74) is 6.47. The fraction of sp³-hybridized carbons (Fsp3) is 0.444. The highest BCUT2D eigenvalue weighted by atomic mass is 32.1. The molecule has 0 aliphatic carbocycles. The van der Waals surface area contributed by atoms with Gasteiger partial charge in [-0.1, -0.05) is 6.58 Å². The molecule has 1 heterocycles. The largest absolute Gasteiger partial charge is 0.492 e. The number of aromatic nitrogens is 1. The summed E-state index contributed by atoms with van der Waals surface area (Å²) in [5.74, 6) is 0.616. The van der Waals surface area contributed by atoms with Crippen molar-refractivity contribution in [2.24, 2.45) is 5.73 Å². The van der Waals surface area contributed by atoms with Crippen molar-refractivity contribution in [2.45, 2.75) is 19.9 Å². The molecule has 1 rings (SSSR count). The van der Waals surface area contributed by atoms with E-state index in [0.717, 1.165) is 10.7 Å². The number of hydrogen-bond acceptors (Lipinski definition) is 4. The van der Waals surface area contributed by atoms with E-state index in [2.05, 4.69) is 11.6 Å². The lowest BCUT2D eigenvalue weighted by Crippen LogP contribution is -2.04. The molecule has 0 aromatic carbocycles. The molecule has 1 aromatic heterocycles. The van der Waals surface area contributed by atoms with Crippen molar-refractivity contribution in [1.82, 2.24) is 4.98 Å². The van der Waals surface area contributed by atoms with Gasteiger partial charge in [-0.15, -0.1) is 11.3 Å². The third-order valence-corrected chi connectivity index (χ3v) is 2.56. The number of nitrogens with zero attached hydrogens (tertiary/aromatic N) is 1. The van der Waals surface area contributed by atoms with Crippen LogP contribution in [0.25, 0.3) is 5.76 Å². The second-order valence-corrected chi connectivity index (χ2v) is 3.61. The summed E-state index contributed by atoms with van der Waals surface area (Å²) in [6.07, 6.45) is 0. The lowest BCUT2D eigenvalue weighted by Gasteiger charge is -2.02. The fourth-order valence-corrected chi connectivity index (χ4v) is 1.66. The average molecular weight is 198 g/mol. The summed E-state index contributed by atoms with van der Waals surface area (Å²) in [4.78, 5) is 4.30. The maximum absolute atomic E-state index is 5.68. The quantitative estimate of drug-likeness (QED) is 0.754. The van der Waals surface area contributed by atoms with Gasteiger partial charge in [-0.3, -0.25) is 0 Å². The highest BCUT2D eigenvalue weighted by Gasteiger charge is 2.08. The van der Waals surface area contributed by atoms with Crippen molar-refractivity contribution >= 4 is 17.1 Å². The lowest BCUT2D eigenvalue weighted by atomic mass is 10.4. The van der Waals surface area contributed by atoms with E-state index in [4.69, 9.17) is 10.5 Å². The molecule has 1 atom stereocenters. The van der Waals surface area contributed by atoms with Gasteiger partial charge >= 0.3 is 0 Å². The minimum Gasteiger partial charge on any atom is -0.492 e. The van der Waals surface area contributed by atoms with Crippen LogP contribution in [0.1, 0.15) is 30.6 Å². The second kappa shape index (κ2) is 4.39. The van der Waals surface area contributed by atoms with Crippen molar-refractivity contribution < 1.29 is 4.74 Å². The maximum atomic E-state index is 5.68. The van der Waals surface area contributed by atoms with Crippen molar-refractivity contribution in [1.29, 1.82) is 0 Å². The maximum Gasteiger partial charge on any atom is 0.138 e. The topological polar surface area (TPSA) is 48.1 Å². The number of ether oxygens (including phenoxy) is 1. The number of thiazole rings is 1. The monoisotopic (exact) mass is 198 g/mol. The molecule has 4 heteroatoms. The van der Waals surface area contributed by atoms with E-state index < -0.39 is 0 Å². The molecule has 1 unspecified atom stereocenters. The van der Waals surface area contributed by atoms with Crippen LogP contribution < -0.4 is 5.73 Å². The van der Waals surface area contributed by atoms with Gasteiger partial charge in [0.05, 0.1) is 12.6 Å². The Balaban J connectivity index is 2.73. The van der Waals surface area contributed by atoms with Gasteiger partial charge in [-0.05, 0) is 13.8 Å². The van der Waals surface area contributed by atoms with Gasteiger partial charge in [-0.2, -0.15) is 0 Å². The van der Waals surface area contributed by atoms with E-state index in [1.54, 1.807) is 0 Å². The summed E-state index contributed by atoms with van der Waals surface area (Å²) >= 11 is 1.53. The van der Waals surface area contributed by atoms with Gasteiger partial charge in [0, 0.05) is 5.38 Å². The standard InChI is InChI=1S/C9H14N2OS/c1-4-12-7(3)8-5-13-9(11-8)6(2)10/h5-6H,3-4,10H2,1-2H3. The molecule has 3 nitrogen and oxygen atoms in total. The van der Waals surface area contributed by atoms with Gasteiger partial charge in [-0.25, -0.2) is 4.98 Å². The molecule has 0 fully saturated rings. The Bertz CT molecular complexity index is 294. The van der Waals surface area contributed by atoms with Gasteiger partial charge in [0.1, 0.15) is 16.5 Å². The molecule has 0 amide bonds. The summed E-state index contributed by atoms with van der Waals surface area (Å²) < 4.78 is 5.23. The van der Waals surface area contributed by atoms with Crippen LogP contribution >= 0.6 is 11.3 Å². The molecule has 1 aromatic rings. The Morgan fingerprint density at radius 3 is 3.00 bits per heavy atom. The predicted octanol–water partition coefficient (Wildman–Crippen LogP) is 2.17. The van der Waals surface area contributed by atoms with E-state index in [1.807, 2.05) is 19.2 Å². The summed E-state index contributed by atoms with van der Waals surface area (Å²) in [7, 11) is 0.